The molecule has 0 aromatic heterocycles. The summed E-state index contributed by atoms with van der Waals surface area (Å²) in [6.07, 6.45) is 0.215. The van der Waals surface area contributed by atoms with E-state index in [-0.39, 0.29) is 24.7 Å². The minimum absolute atomic E-state index is 0.0863. The lowest BCUT2D eigenvalue weighted by Gasteiger charge is -2.39. The van der Waals surface area contributed by atoms with Crippen molar-refractivity contribution in [1.82, 2.24) is 10.6 Å². The Morgan fingerprint density at radius 3 is 1.92 bits per heavy atom. The summed E-state index contributed by atoms with van der Waals surface area (Å²) in [6.45, 7) is 3.68. The summed E-state index contributed by atoms with van der Waals surface area (Å²) >= 11 is 0. The first kappa shape index (κ1) is 27.4. The molecule has 0 unspecified atom stereocenters. The molecule has 3 atom stereocenters. The van der Waals surface area contributed by atoms with Crippen molar-refractivity contribution in [3.8, 4) is 0 Å². The number of nitrogens with one attached hydrogen (secondary N) is 3. The van der Waals surface area contributed by atoms with E-state index < -0.39 is 36.0 Å². The second-order valence-corrected chi connectivity index (χ2v) is 9.85. The van der Waals surface area contributed by atoms with Crippen molar-refractivity contribution in [1.29, 1.82) is 0 Å². The molecule has 0 fully saturated rings. The van der Waals surface area contributed by atoms with Crippen molar-refractivity contribution in [2.75, 3.05) is 10.2 Å². The number of carboxylic acid groups (broad SMARTS) is 1. The van der Waals surface area contributed by atoms with Crippen LogP contribution in [0.5, 0.6) is 0 Å². The Kier molecular flexibility index (Phi) is 8.60. The van der Waals surface area contributed by atoms with E-state index in [1.165, 1.54) is 4.90 Å². The summed E-state index contributed by atoms with van der Waals surface area (Å²) in [6, 6.07) is 21.4. The van der Waals surface area contributed by atoms with Gasteiger partial charge in [-0.3, -0.25) is 14.5 Å². The molecule has 4 rings (SSSR count). The van der Waals surface area contributed by atoms with Gasteiger partial charge in [0.2, 0.25) is 11.8 Å². The van der Waals surface area contributed by atoms with Crippen LogP contribution in [0.15, 0.2) is 84.9 Å². The van der Waals surface area contributed by atoms with Gasteiger partial charge in [-0.15, -0.1) is 0 Å². The van der Waals surface area contributed by atoms with Crippen molar-refractivity contribution in [2.45, 2.75) is 44.8 Å². The highest BCUT2D eigenvalue weighted by Crippen LogP contribution is 2.34. The van der Waals surface area contributed by atoms with Crippen LogP contribution in [0.25, 0.3) is 0 Å². The quantitative estimate of drug-likeness (QED) is 0.337. The Bertz CT molecular complexity index is 1330. The maximum atomic E-state index is 13.8. The zero-order valence-electron chi connectivity index (χ0n) is 21.8. The average molecular weight is 529 g/mol. The van der Waals surface area contributed by atoms with Crippen LogP contribution in [0, 0.1) is 5.92 Å². The van der Waals surface area contributed by atoms with Gasteiger partial charge in [0.05, 0.1) is 11.4 Å². The molecule has 4 amide bonds. The number of amides is 4. The van der Waals surface area contributed by atoms with E-state index in [1.807, 2.05) is 50.2 Å². The maximum Gasteiger partial charge on any atom is 0.326 e. The first-order valence-electron chi connectivity index (χ1n) is 12.8. The Morgan fingerprint density at radius 1 is 0.821 bits per heavy atom. The van der Waals surface area contributed by atoms with Gasteiger partial charge in [0.15, 0.2) is 0 Å². The van der Waals surface area contributed by atoms with Crippen LogP contribution in [0.4, 0.5) is 16.2 Å². The molecule has 0 saturated heterocycles. The number of rotatable bonds is 9. The molecule has 1 heterocycles. The zero-order chi connectivity index (χ0) is 27.9. The Hall–Kier alpha value is -4.66. The topological polar surface area (TPSA) is 128 Å². The van der Waals surface area contributed by atoms with E-state index in [0.29, 0.717) is 11.4 Å². The highest BCUT2D eigenvalue weighted by molar-refractivity contribution is 6.12. The van der Waals surface area contributed by atoms with Crippen molar-refractivity contribution < 1.29 is 24.3 Å². The Labute approximate surface area is 227 Å². The highest BCUT2D eigenvalue weighted by Gasteiger charge is 2.40. The first-order valence-corrected chi connectivity index (χ1v) is 12.8. The molecule has 9 nitrogen and oxygen atoms in total. The van der Waals surface area contributed by atoms with Crippen molar-refractivity contribution >= 4 is 35.2 Å². The molecule has 4 N–H and O–H groups in total. The van der Waals surface area contributed by atoms with Gasteiger partial charge >= 0.3 is 12.0 Å². The highest BCUT2D eigenvalue weighted by atomic mass is 16.4. The summed E-state index contributed by atoms with van der Waals surface area (Å²) in [7, 11) is 0. The predicted octanol–water partition coefficient (Wildman–Crippen LogP) is 3.60. The number of hydrogen-bond acceptors (Lipinski definition) is 4. The van der Waals surface area contributed by atoms with Crippen LogP contribution in [0.3, 0.4) is 0 Å². The number of hydrogen-bond donors (Lipinski definition) is 4. The molecule has 0 saturated carbocycles. The maximum absolute atomic E-state index is 13.8. The standard InChI is InChI=1S/C30H32N4O5/c1-19(2)26-28(36)31-22-15-9-10-16-25(22)34(26)30(39)33-23(17-20-11-5-3-6-12-20)27(35)32-24(29(37)38)18-21-13-7-4-8-14-21/h3-16,19,23-24,26H,17-18H2,1-2H3,(H,31,36)(H,32,35)(H,33,39)(H,37,38)/t23-,24+,26-/m0/s1. The molecular weight excluding hydrogens is 496 g/mol. The van der Waals surface area contributed by atoms with Crippen LogP contribution in [0.2, 0.25) is 0 Å². The number of carbonyl (C=O) groups excluding carboxylic acids is 3. The molecule has 0 bridgehead atoms. The van der Waals surface area contributed by atoms with Crippen LogP contribution in [-0.2, 0) is 27.2 Å². The number of anilines is 2. The van der Waals surface area contributed by atoms with Crippen molar-refractivity contribution in [3.05, 3.63) is 96.1 Å². The van der Waals surface area contributed by atoms with Crippen LogP contribution >= 0.6 is 0 Å². The molecule has 0 spiro atoms. The van der Waals surface area contributed by atoms with Crippen LogP contribution in [-0.4, -0.2) is 47.0 Å². The summed E-state index contributed by atoms with van der Waals surface area (Å²) in [5.74, 6) is -2.35. The number of urea groups is 1. The number of carboxylic acids is 1. The number of para-hydroxylation sites is 2. The van der Waals surface area contributed by atoms with Gasteiger partial charge in [0.1, 0.15) is 18.1 Å². The van der Waals surface area contributed by atoms with E-state index in [2.05, 4.69) is 16.0 Å². The lowest BCUT2D eigenvalue weighted by molar-refractivity contribution is -0.142. The van der Waals surface area contributed by atoms with Gasteiger partial charge in [-0.1, -0.05) is 86.6 Å². The third kappa shape index (κ3) is 6.62. The molecule has 9 heteroatoms. The fourth-order valence-corrected chi connectivity index (χ4v) is 4.70. The number of nitrogens with zero attached hydrogens (tertiary/aromatic N) is 1. The summed E-state index contributed by atoms with van der Waals surface area (Å²) in [5, 5.41) is 18.1. The second kappa shape index (κ2) is 12.3. The SMILES string of the molecule is CC(C)[C@H]1C(=O)Nc2ccccc2N1C(=O)N[C@@H](Cc1ccccc1)C(=O)N[C@H](Cc1ccccc1)C(=O)O. The average Bonchev–Trinajstić information content (AvgIpc) is 2.92. The fourth-order valence-electron chi connectivity index (χ4n) is 4.70. The summed E-state index contributed by atoms with van der Waals surface area (Å²) in [5.41, 5.74) is 2.54. The van der Waals surface area contributed by atoms with E-state index >= 15 is 0 Å². The van der Waals surface area contributed by atoms with Gasteiger partial charge in [-0.25, -0.2) is 9.59 Å². The molecule has 3 aromatic rings. The first-order chi connectivity index (χ1) is 18.7. The molecule has 3 aromatic carbocycles. The van der Waals surface area contributed by atoms with E-state index in [0.717, 1.165) is 11.1 Å². The third-order valence-corrected chi connectivity index (χ3v) is 6.61. The zero-order valence-corrected chi connectivity index (χ0v) is 21.8. The molecule has 39 heavy (non-hydrogen) atoms. The normalized spacial score (nSPS) is 16.0. The lowest BCUT2D eigenvalue weighted by Crippen LogP contribution is -2.60. The van der Waals surface area contributed by atoms with E-state index in [4.69, 9.17) is 0 Å². The van der Waals surface area contributed by atoms with Gasteiger partial charge in [0.25, 0.3) is 0 Å². The summed E-state index contributed by atoms with van der Waals surface area (Å²) in [4.78, 5) is 53.6. The number of fused-ring (bicyclic) bond motifs is 1. The molecular formula is C30H32N4O5. The van der Waals surface area contributed by atoms with Gasteiger partial charge in [-0.2, -0.15) is 0 Å². The lowest BCUT2D eigenvalue weighted by atomic mass is 9.97. The van der Waals surface area contributed by atoms with Gasteiger partial charge in [0, 0.05) is 12.8 Å². The van der Waals surface area contributed by atoms with Crippen molar-refractivity contribution in [2.24, 2.45) is 5.92 Å². The molecule has 0 radical (unpaired) electrons. The number of aliphatic carboxylic acids is 1. The summed E-state index contributed by atoms with van der Waals surface area (Å²) < 4.78 is 0. The minimum Gasteiger partial charge on any atom is -0.480 e. The second-order valence-electron chi connectivity index (χ2n) is 9.85. The smallest absolute Gasteiger partial charge is 0.326 e. The molecule has 0 aliphatic carbocycles. The fraction of sp³-hybridized carbons (Fsp3) is 0.267. The predicted molar refractivity (Wildman–Crippen MR) is 148 cm³/mol. The van der Waals surface area contributed by atoms with E-state index in [9.17, 15) is 24.3 Å². The van der Waals surface area contributed by atoms with Crippen LogP contribution < -0.4 is 20.9 Å². The van der Waals surface area contributed by atoms with Gasteiger partial charge < -0.3 is 21.1 Å². The van der Waals surface area contributed by atoms with E-state index in [1.54, 1.807) is 48.5 Å². The largest absolute Gasteiger partial charge is 0.480 e. The van der Waals surface area contributed by atoms with Gasteiger partial charge in [-0.05, 0) is 29.2 Å². The number of benzene rings is 3. The van der Waals surface area contributed by atoms with Crippen molar-refractivity contribution in [3.63, 3.8) is 0 Å². The Morgan fingerprint density at radius 2 is 1.36 bits per heavy atom. The Balaban J connectivity index is 1.61. The molecule has 1 aliphatic heterocycles. The minimum atomic E-state index is -1.19. The monoisotopic (exact) mass is 528 g/mol. The third-order valence-electron chi connectivity index (χ3n) is 6.61. The van der Waals surface area contributed by atoms with Crippen LogP contribution in [0.1, 0.15) is 25.0 Å². The molecule has 202 valence electrons. The molecule has 1 aliphatic rings. The number of carbonyl (C=O) groups is 4.